The molecule has 7 nitrogen and oxygen atoms in total. The Hall–Kier alpha value is -3.48. The van der Waals surface area contributed by atoms with Gasteiger partial charge in [0.2, 0.25) is 5.88 Å². The van der Waals surface area contributed by atoms with Gasteiger partial charge in [-0.25, -0.2) is 4.98 Å². The summed E-state index contributed by atoms with van der Waals surface area (Å²) in [4.78, 5) is 19.0. The molecule has 2 aromatic heterocycles. The zero-order valence-electron chi connectivity index (χ0n) is 17.0. The van der Waals surface area contributed by atoms with E-state index in [0.717, 1.165) is 30.2 Å². The van der Waals surface area contributed by atoms with Gasteiger partial charge < -0.3 is 15.0 Å². The molecule has 7 heteroatoms. The summed E-state index contributed by atoms with van der Waals surface area (Å²) in [7, 11) is 1.49. The normalized spacial score (nSPS) is 14.1. The van der Waals surface area contributed by atoms with Crippen LogP contribution in [0.1, 0.15) is 36.0 Å². The molecule has 154 valence electrons. The Morgan fingerprint density at radius 3 is 2.57 bits per heavy atom. The Balaban J connectivity index is 1.49. The Kier molecular flexibility index (Phi) is 6.17. The molecule has 0 saturated carbocycles. The number of carbonyl (C=O) groups is 1. The topological polar surface area (TPSA) is 80.2 Å². The van der Waals surface area contributed by atoms with Gasteiger partial charge in [-0.05, 0) is 49.2 Å². The van der Waals surface area contributed by atoms with Gasteiger partial charge in [0.1, 0.15) is 5.56 Å². The highest BCUT2D eigenvalue weighted by Gasteiger charge is 2.14. The quantitative estimate of drug-likeness (QED) is 0.688. The maximum absolute atomic E-state index is 12.6. The van der Waals surface area contributed by atoms with Gasteiger partial charge in [-0.2, -0.15) is 0 Å². The average Bonchev–Trinajstić information content (AvgIpc) is 3.09. The highest BCUT2D eigenvalue weighted by Crippen LogP contribution is 2.24. The standard InChI is InChI=1S/C23H25N5O2/c1-30-23-19(10-7-13-24-23)22(29)25-18-9-6-8-17(16-18)20-11-12-21(27-26-20)28-14-4-2-3-5-15-28/h6-13,16H,2-5,14-15H2,1H3,(H,25,29). The number of nitrogens with zero attached hydrogens (tertiary/aromatic N) is 4. The fraction of sp³-hybridized carbons (Fsp3) is 0.304. The smallest absolute Gasteiger partial charge is 0.261 e. The predicted molar refractivity (Wildman–Crippen MR) is 117 cm³/mol. The minimum absolute atomic E-state index is 0.278. The van der Waals surface area contributed by atoms with E-state index in [1.54, 1.807) is 18.3 Å². The molecule has 1 aliphatic rings. The molecule has 1 N–H and O–H groups in total. The second-order valence-electron chi connectivity index (χ2n) is 7.27. The van der Waals surface area contributed by atoms with Crippen molar-refractivity contribution >= 4 is 17.4 Å². The van der Waals surface area contributed by atoms with Crippen LogP contribution in [-0.4, -0.2) is 41.3 Å². The summed E-state index contributed by atoms with van der Waals surface area (Å²) in [6, 6.07) is 15.0. The van der Waals surface area contributed by atoms with Crippen molar-refractivity contribution in [3.63, 3.8) is 0 Å². The Bertz CT molecular complexity index is 998. The number of hydrogen-bond donors (Lipinski definition) is 1. The third-order valence-electron chi connectivity index (χ3n) is 5.21. The van der Waals surface area contributed by atoms with Crippen molar-refractivity contribution in [2.24, 2.45) is 0 Å². The van der Waals surface area contributed by atoms with Crippen molar-refractivity contribution in [1.29, 1.82) is 0 Å². The molecule has 0 atom stereocenters. The van der Waals surface area contributed by atoms with Crippen LogP contribution in [0.2, 0.25) is 0 Å². The first-order chi connectivity index (χ1) is 14.7. The van der Waals surface area contributed by atoms with E-state index in [0.29, 0.717) is 17.1 Å². The van der Waals surface area contributed by atoms with Gasteiger partial charge in [0.15, 0.2) is 5.82 Å². The summed E-state index contributed by atoms with van der Waals surface area (Å²) >= 11 is 0. The number of aromatic nitrogens is 3. The number of carbonyl (C=O) groups excluding carboxylic acids is 1. The van der Waals surface area contributed by atoms with Crippen LogP contribution < -0.4 is 15.0 Å². The molecular weight excluding hydrogens is 378 g/mol. The minimum atomic E-state index is -0.278. The zero-order chi connectivity index (χ0) is 20.8. The van der Waals surface area contributed by atoms with Gasteiger partial charge in [0.25, 0.3) is 5.91 Å². The molecular formula is C23H25N5O2. The molecule has 4 rings (SSSR count). The summed E-state index contributed by atoms with van der Waals surface area (Å²) in [5.74, 6) is 0.939. The second kappa shape index (κ2) is 9.35. The highest BCUT2D eigenvalue weighted by atomic mass is 16.5. The summed E-state index contributed by atoms with van der Waals surface area (Å²) in [5, 5.41) is 11.8. The van der Waals surface area contributed by atoms with Crippen molar-refractivity contribution < 1.29 is 9.53 Å². The first-order valence-electron chi connectivity index (χ1n) is 10.2. The van der Waals surface area contributed by atoms with E-state index in [2.05, 4.69) is 25.4 Å². The fourth-order valence-electron chi connectivity index (χ4n) is 3.63. The lowest BCUT2D eigenvalue weighted by Crippen LogP contribution is -2.25. The van der Waals surface area contributed by atoms with Crippen molar-refractivity contribution in [1.82, 2.24) is 15.2 Å². The van der Waals surface area contributed by atoms with Gasteiger partial charge in [-0.3, -0.25) is 4.79 Å². The van der Waals surface area contributed by atoms with E-state index in [1.165, 1.54) is 32.8 Å². The zero-order valence-corrected chi connectivity index (χ0v) is 17.0. The Labute approximate surface area is 176 Å². The molecule has 1 saturated heterocycles. The Morgan fingerprint density at radius 2 is 1.83 bits per heavy atom. The van der Waals surface area contributed by atoms with E-state index in [-0.39, 0.29) is 5.91 Å². The van der Waals surface area contributed by atoms with E-state index in [1.807, 2.05) is 36.4 Å². The molecule has 0 unspecified atom stereocenters. The van der Waals surface area contributed by atoms with Crippen molar-refractivity contribution in [3.05, 3.63) is 60.3 Å². The van der Waals surface area contributed by atoms with Gasteiger partial charge >= 0.3 is 0 Å². The number of benzene rings is 1. The molecule has 1 aliphatic heterocycles. The number of anilines is 2. The molecule has 1 fully saturated rings. The summed E-state index contributed by atoms with van der Waals surface area (Å²) in [6.45, 7) is 2.07. The molecule has 1 aromatic carbocycles. The predicted octanol–water partition coefficient (Wildman–Crippen LogP) is 4.18. The molecule has 0 spiro atoms. The lowest BCUT2D eigenvalue weighted by atomic mass is 10.1. The van der Waals surface area contributed by atoms with E-state index in [4.69, 9.17) is 4.74 Å². The summed E-state index contributed by atoms with van der Waals surface area (Å²) in [6.07, 6.45) is 6.56. The van der Waals surface area contributed by atoms with Gasteiger partial charge in [0, 0.05) is 30.5 Å². The first-order valence-corrected chi connectivity index (χ1v) is 10.2. The number of ether oxygens (including phenoxy) is 1. The van der Waals surface area contributed by atoms with Crippen LogP contribution in [0.4, 0.5) is 11.5 Å². The number of hydrogen-bond acceptors (Lipinski definition) is 6. The number of methoxy groups -OCH3 is 1. The second-order valence-corrected chi connectivity index (χ2v) is 7.27. The van der Waals surface area contributed by atoms with Crippen LogP contribution in [0.25, 0.3) is 11.3 Å². The first kappa shape index (κ1) is 19.8. The van der Waals surface area contributed by atoms with E-state index in [9.17, 15) is 4.79 Å². The molecule has 0 radical (unpaired) electrons. The maximum Gasteiger partial charge on any atom is 0.261 e. The van der Waals surface area contributed by atoms with Crippen LogP contribution >= 0.6 is 0 Å². The fourth-order valence-corrected chi connectivity index (χ4v) is 3.63. The number of nitrogens with one attached hydrogen (secondary N) is 1. The summed E-state index contributed by atoms with van der Waals surface area (Å²) < 4.78 is 5.17. The third kappa shape index (κ3) is 4.56. The number of rotatable bonds is 5. The monoisotopic (exact) mass is 403 g/mol. The minimum Gasteiger partial charge on any atom is -0.480 e. The van der Waals surface area contributed by atoms with Crippen LogP contribution in [0.15, 0.2) is 54.7 Å². The van der Waals surface area contributed by atoms with Gasteiger partial charge in [-0.15, -0.1) is 10.2 Å². The largest absolute Gasteiger partial charge is 0.480 e. The van der Waals surface area contributed by atoms with Gasteiger partial charge in [-0.1, -0.05) is 25.0 Å². The van der Waals surface area contributed by atoms with Crippen molar-refractivity contribution in [3.8, 4) is 17.1 Å². The van der Waals surface area contributed by atoms with Crippen LogP contribution in [-0.2, 0) is 0 Å². The van der Waals surface area contributed by atoms with Crippen LogP contribution in [0.5, 0.6) is 5.88 Å². The van der Waals surface area contributed by atoms with Crippen LogP contribution in [0, 0.1) is 0 Å². The highest BCUT2D eigenvalue weighted by molar-refractivity contribution is 6.06. The molecule has 3 aromatic rings. The number of amides is 1. The van der Waals surface area contributed by atoms with Crippen molar-refractivity contribution in [2.45, 2.75) is 25.7 Å². The lowest BCUT2D eigenvalue weighted by molar-refractivity contribution is 0.102. The molecule has 3 heterocycles. The molecule has 30 heavy (non-hydrogen) atoms. The summed E-state index contributed by atoms with van der Waals surface area (Å²) in [5.41, 5.74) is 2.71. The molecule has 0 bridgehead atoms. The maximum atomic E-state index is 12.6. The number of pyridine rings is 1. The van der Waals surface area contributed by atoms with Crippen LogP contribution in [0.3, 0.4) is 0 Å². The Morgan fingerprint density at radius 1 is 1.00 bits per heavy atom. The van der Waals surface area contributed by atoms with E-state index < -0.39 is 0 Å². The SMILES string of the molecule is COc1ncccc1C(=O)Nc1cccc(-c2ccc(N3CCCCCC3)nn2)c1. The van der Waals surface area contributed by atoms with Crippen molar-refractivity contribution in [2.75, 3.05) is 30.4 Å². The third-order valence-corrected chi connectivity index (χ3v) is 5.21. The van der Waals surface area contributed by atoms with Gasteiger partial charge in [0.05, 0.1) is 12.8 Å². The average molecular weight is 403 g/mol. The molecule has 1 amide bonds. The van der Waals surface area contributed by atoms with E-state index >= 15 is 0 Å². The lowest BCUT2D eigenvalue weighted by Gasteiger charge is -2.20. The molecule has 0 aliphatic carbocycles.